The molecule has 0 heterocycles. The molecular formula is C12H16ClN3O4. The number of benzene rings is 1. The number of nitro benzene ring substituents is 1. The first-order valence-corrected chi connectivity index (χ1v) is 6.31. The smallest absolute Gasteiger partial charge is 0.288 e. The average Bonchev–Trinajstić information content (AvgIpc) is 2.33. The molecule has 0 fully saturated rings. The van der Waals surface area contributed by atoms with Crippen molar-refractivity contribution in [3.63, 3.8) is 0 Å². The molecule has 1 amide bonds. The molecule has 1 aromatic carbocycles. The summed E-state index contributed by atoms with van der Waals surface area (Å²) in [5.74, 6) is -0.205. The predicted octanol–water partition coefficient (Wildman–Crippen LogP) is 1.48. The highest BCUT2D eigenvalue weighted by atomic mass is 35.5. The summed E-state index contributed by atoms with van der Waals surface area (Å²) < 4.78 is 5.38. The van der Waals surface area contributed by atoms with Crippen molar-refractivity contribution < 1.29 is 14.5 Å². The van der Waals surface area contributed by atoms with Crippen LogP contribution >= 0.6 is 11.6 Å². The van der Waals surface area contributed by atoms with E-state index in [2.05, 4.69) is 5.32 Å². The van der Waals surface area contributed by atoms with Gasteiger partial charge in [-0.2, -0.15) is 0 Å². The van der Waals surface area contributed by atoms with E-state index in [0.717, 1.165) is 0 Å². The van der Waals surface area contributed by atoms with Gasteiger partial charge in [0.2, 0.25) is 5.91 Å². The van der Waals surface area contributed by atoms with Gasteiger partial charge in [-0.3, -0.25) is 14.9 Å². The Balaban J connectivity index is 2.71. The van der Waals surface area contributed by atoms with Gasteiger partial charge in [0.25, 0.3) is 5.69 Å². The first kappa shape index (κ1) is 16.2. The topological polar surface area (TPSA) is 107 Å². The molecule has 1 atom stereocenters. The molecule has 0 bridgehead atoms. The van der Waals surface area contributed by atoms with Crippen LogP contribution in [-0.4, -0.2) is 29.5 Å². The normalized spacial score (nSPS) is 12.2. The van der Waals surface area contributed by atoms with E-state index in [1.165, 1.54) is 18.2 Å². The molecule has 7 nitrogen and oxygen atoms in total. The summed E-state index contributed by atoms with van der Waals surface area (Å²) in [4.78, 5) is 21.3. The van der Waals surface area contributed by atoms with Crippen LogP contribution in [0.4, 0.5) is 5.69 Å². The Morgan fingerprint density at radius 1 is 1.55 bits per heavy atom. The minimum absolute atomic E-state index is 0.0155. The summed E-state index contributed by atoms with van der Waals surface area (Å²) in [6, 6.07) is 3.40. The molecule has 0 saturated carbocycles. The van der Waals surface area contributed by atoms with E-state index in [1.54, 1.807) is 0 Å². The second-order valence-electron chi connectivity index (χ2n) is 4.46. The van der Waals surface area contributed by atoms with Gasteiger partial charge in [-0.25, -0.2) is 0 Å². The lowest BCUT2D eigenvalue weighted by atomic mass is 10.2. The Hall–Kier alpha value is -1.86. The first-order valence-electron chi connectivity index (χ1n) is 5.93. The number of carbonyl (C=O) groups is 1. The lowest BCUT2D eigenvalue weighted by Crippen LogP contribution is -2.48. The summed E-state index contributed by atoms with van der Waals surface area (Å²) in [6.45, 7) is 3.76. The maximum Gasteiger partial charge on any atom is 0.288 e. The Morgan fingerprint density at radius 2 is 2.20 bits per heavy atom. The van der Waals surface area contributed by atoms with Crippen molar-refractivity contribution in [3.8, 4) is 5.75 Å². The number of halogens is 1. The van der Waals surface area contributed by atoms with Crippen LogP contribution in [0.15, 0.2) is 18.2 Å². The molecule has 110 valence electrons. The lowest BCUT2D eigenvalue weighted by Gasteiger charge is -2.18. The number of nitrogens with one attached hydrogen (secondary N) is 1. The molecule has 0 radical (unpaired) electrons. The van der Waals surface area contributed by atoms with E-state index < -0.39 is 16.9 Å². The molecule has 1 unspecified atom stereocenters. The standard InChI is InChI=1S/C12H16ClN3O4/c1-7(2)15-10(12(14)17)6-20-8-3-4-11(16(18)19)9(13)5-8/h3-5,7,10,15H,6H2,1-2H3,(H2,14,17). The van der Waals surface area contributed by atoms with Crippen LogP contribution in [0.25, 0.3) is 0 Å². The third-order valence-electron chi connectivity index (χ3n) is 2.41. The number of amides is 1. The van der Waals surface area contributed by atoms with Crippen molar-refractivity contribution >= 4 is 23.2 Å². The van der Waals surface area contributed by atoms with Gasteiger partial charge in [-0.15, -0.1) is 0 Å². The maximum atomic E-state index is 11.2. The SMILES string of the molecule is CC(C)NC(COc1ccc([N+](=O)[O-])c(Cl)c1)C(N)=O. The van der Waals surface area contributed by atoms with Crippen molar-refractivity contribution in [2.45, 2.75) is 25.9 Å². The molecule has 0 spiro atoms. The fraction of sp³-hybridized carbons (Fsp3) is 0.417. The van der Waals surface area contributed by atoms with Crippen LogP contribution < -0.4 is 15.8 Å². The van der Waals surface area contributed by atoms with Crippen molar-refractivity contribution in [2.24, 2.45) is 5.73 Å². The third-order valence-corrected chi connectivity index (χ3v) is 2.71. The van der Waals surface area contributed by atoms with Gasteiger partial charge < -0.3 is 15.8 Å². The average molecular weight is 302 g/mol. The largest absolute Gasteiger partial charge is 0.491 e. The zero-order valence-electron chi connectivity index (χ0n) is 11.1. The maximum absolute atomic E-state index is 11.2. The summed E-state index contributed by atoms with van der Waals surface area (Å²) in [6.07, 6.45) is 0. The zero-order chi connectivity index (χ0) is 15.3. The van der Waals surface area contributed by atoms with Crippen LogP contribution in [-0.2, 0) is 4.79 Å². The van der Waals surface area contributed by atoms with Crippen molar-refractivity contribution in [3.05, 3.63) is 33.3 Å². The molecule has 0 saturated heterocycles. The van der Waals surface area contributed by atoms with Crippen molar-refractivity contribution in [2.75, 3.05) is 6.61 Å². The van der Waals surface area contributed by atoms with Crippen LogP contribution in [0.3, 0.4) is 0 Å². The van der Waals surface area contributed by atoms with E-state index >= 15 is 0 Å². The van der Waals surface area contributed by atoms with Gasteiger partial charge in [-0.1, -0.05) is 25.4 Å². The highest BCUT2D eigenvalue weighted by Crippen LogP contribution is 2.28. The van der Waals surface area contributed by atoms with E-state index in [9.17, 15) is 14.9 Å². The number of nitro groups is 1. The molecule has 0 aliphatic heterocycles. The summed E-state index contributed by atoms with van der Waals surface area (Å²) >= 11 is 5.76. The minimum Gasteiger partial charge on any atom is -0.491 e. The number of nitrogens with two attached hydrogens (primary N) is 1. The fourth-order valence-corrected chi connectivity index (χ4v) is 1.76. The Bertz CT molecular complexity index is 507. The molecule has 0 aromatic heterocycles. The molecule has 0 aliphatic rings. The number of primary amides is 1. The summed E-state index contributed by atoms with van der Waals surface area (Å²) in [5, 5.41) is 13.5. The van der Waals surface area contributed by atoms with Gasteiger partial charge in [0.1, 0.15) is 23.4 Å². The number of rotatable bonds is 7. The lowest BCUT2D eigenvalue weighted by molar-refractivity contribution is -0.384. The van der Waals surface area contributed by atoms with E-state index in [0.29, 0.717) is 5.75 Å². The fourth-order valence-electron chi connectivity index (χ4n) is 1.52. The van der Waals surface area contributed by atoms with Crippen LogP contribution in [0.5, 0.6) is 5.75 Å². The minimum atomic E-state index is -0.649. The second-order valence-corrected chi connectivity index (χ2v) is 4.86. The van der Waals surface area contributed by atoms with E-state index in [1.807, 2.05) is 13.8 Å². The van der Waals surface area contributed by atoms with Gasteiger partial charge in [0.05, 0.1) is 4.92 Å². The van der Waals surface area contributed by atoms with Crippen molar-refractivity contribution in [1.29, 1.82) is 0 Å². The Kier molecular flexibility index (Phi) is 5.72. The summed E-state index contributed by atoms with van der Waals surface area (Å²) in [7, 11) is 0. The number of nitrogens with zero attached hydrogens (tertiary/aromatic N) is 1. The van der Waals surface area contributed by atoms with Gasteiger partial charge in [0, 0.05) is 18.2 Å². The second kappa shape index (κ2) is 7.06. The quantitative estimate of drug-likeness (QED) is 0.586. The van der Waals surface area contributed by atoms with Crippen LogP contribution in [0.2, 0.25) is 5.02 Å². The molecule has 8 heteroatoms. The monoisotopic (exact) mass is 301 g/mol. The molecule has 0 aliphatic carbocycles. The zero-order valence-corrected chi connectivity index (χ0v) is 11.9. The number of hydrogen-bond acceptors (Lipinski definition) is 5. The first-order chi connectivity index (χ1) is 9.31. The third kappa shape index (κ3) is 4.67. The summed E-state index contributed by atoms with van der Waals surface area (Å²) in [5.41, 5.74) is 5.04. The Morgan fingerprint density at radius 3 is 2.65 bits per heavy atom. The van der Waals surface area contributed by atoms with E-state index in [4.69, 9.17) is 22.1 Å². The molecular weight excluding hydrogens is 286 g/mol. The highest BCUT2D eigenvalue weighted by molar-refractivity contribution is 6.32. The number of hydrogen-bond donors (Lipinski definition) is 2. The Labute approximate surface area is 121 Å². The van der Waals surface area contributed by atoms with E-state index in [-0.39, 0.29) is 23.4 Å². The molecule has 1 rings (SSSR count). The number of carbonyl (C=O) groups excluding carboxylic acids is 1. The predicted molar refractivity (Wildman–Crippen MR) is 74.9 cm³/mol. The van der Waals surface area contributed by atoms with Crippen LogP contribution in [0, 0.1) is 10.1 Å². The van der Waals surface area contributed by atoms with Gasteiger partial charge >= 0.3 is 0 Å². The van der Waals surface area contributed by atoms with Gasteiger partial charge in [0.15, 0.2) is 0 Å². The number of ether oxygens (including phenoxy) is 1. The van der Waals surface area contributed by atoms with Crippen LogP contribution in [0.1, 0.15) is 13.8 Å². The van der Waals surface area contributed by atoms with Gasteiger partial charge in [-0.05, 0) is 6.07 Å². The molecule has 1 aromatic rings. The molecule has 3 N–H and O–H groups in total. The molecule has 20 heavy (non-hydrogen) atoms. The van der Waals surface area contributed by atoms with Crippen molar-refractivity contribution in [1.82, 2.24) is 5.32 Å². The highest BCUT2D eigenvalue weighted by Gasteiger charge is 2.18.